The first-order chi connectivity index (χ1) is 24.0. The maximum absolute atomic E-state index is 13.4. The minimum atomic E-state index is -3.61. The third kappa shape index (κ3) is 8.48. The SMILES string of the molecule is CCN1C=C/C(=C\C=C2C=C(/C=C/c3cc[n+](CC)c4ccc(S(=O)(=O)N(CC)CC)cc34)COC\2)c2cc(S(=O)(=O)N(CC)CC)ccc21.[Br-]. The van der Waals surface area contributed by atoms with Crippen LogP contribution in [0.1, 0.15) is 52.7 Å². The van der Waals surface area contributed by atoms with Gasteiger partial charge in [-0.3, -0.25) is 0 Å². The summed E-state index contributed by atoms with van der Waals surface area (Å²) in [6.45, 7) is 15.6. The fourth-order valence-electron chi connectivity index (χ4n) is 6.46. The van der Waals surface area contributed by atoms with E-state index in [2.05, 4.69) is 29.4 Å². The Balaban J connectivity index is 0.00000583. The molecule has 0 saturated heterocycles. The Morgan fingerprint density at radius 3 is 2.08 bits per heavy atom. The molecule has 1 aromatic heterocycles. The van der Waals surface area contributed by atoms with Crippen LogP contribution in [0.2, 0.25) is 0 Å². The smallest absolute Gasteiger partial charge is 0.243 e. The number of ether oxygens (including phenoxy) is 1. The highest BCUT2D eigenvalue weighted by Crippen LogP contribution is 2.35. The molecule has 0 radical (unpaired) electrons. The van der Waals surface area contributed by atoms with Crippen molar-refractivity contribution in [1.29, 1.82) is 0 Å². The Kier molecular flexibility index (Phi) is 13.8. The van der Waals surface area contributed by atoms with Crippen LogP contribution in [0, 0.1) is 0 Å². The van der Waals surface area contributed by atoms with Crippen LogP contribution in [0.25, 0.3) is 22.6 Å². The van der Waals surface area contributed by atoms with E-state index in [9.17, 15) is 16.8 Å². The van der Waals surface area contributed by atoms with Crippen LogP contribution in [0.15, 0.2) is 106 Å². The van der Waals surface area contributed by atoms with Gasteiger partial charge in [0.05, 0.1) is 28.4 Å². The lowest BCUT2D eigenvalue weighted by atomic mass is 9.98. The summed E-state index contributed by atoms with van der Waals surface area (Å²) >= 11 is 0. The Morgan fingerprint density at radius 1 is 0.804 bits per heavy atom. The number of aryl methyl sites for hydroxylation is 1. The number of hydrogen-bond donors (Lipinski definition) is 0. The molecule has 9 nitrogen and oxygen atoms in total. The predicted molar refractivity (Wildman–Crippen MR) is 203 cm³/mol. The number of pyridine rings is 1. The van der Waals surface area contributed by atoms with Gasteiger partial charge in [0, 0.05) is 62.3 Å². The van der Waals surface area contributed by atoms with Crippen molar-refractivity contribution in [1.82, 2.24) is 8.61 Å². The van der Waals surface area contributed by atoms with E-state index in [0.29, 0.717) is 39.4 Å². The molecule has 0 spiro atoms. The number of allylic oxidation sites excluding steroid dienone is 4. The van der Waals surface area contributed by atoms with E-state index in [4.69, 9.17) is 4.74 Å². The molecule has 2 aliphatic rings. The second-order valence-electron chi connectivity index (χ2n) is 12.1. The van der Waals surface area contributed by atoms with Crippen LogP contribution < -0.4 is 26.4 Å². The van der Waals surface area contributed by atoms with Gasteiger partial charge in [0.25, 0.3) is 0 Å². The average molecular weight is 798 g/mol. The van der Waals surface area contributed by atoms with E-state index in [1.54, 1.807) is 24.3 Å². The van der Waals surface area contributed by atoms with Gasteiger partial charge in [-0.1, -0.05) is 58.1 Å². The Morgan fingerprint density at radius 2 is 1.45 bits per heavy atom. The van der Waals surface area contributed by atoms with E-state index < -0.39 is 20.0 Å². The molecule has 0 fully saturated rings. The van der Waals surface area contributed by atoms with Crippen molar-refractivity contribution in [2.45, 2.75) is 57.9 Å². The lowest BCUT2D eigenvalue weighted by molar-refractivity contribution is -0.667. The zero-order valence-electron chi connectivity index (χ0n) is 30.3. The Hall–Kier alpha value is -3.39. The summed E-state index contributed by atoms with van der Waals surface area (Å²) in [7, 11) is -7.22. The molecule has 3 aromatic rings. The van der Waals surface area contributed by atoms with Crippen molar-refractivity contribution < 1.29 is 43.1 Å². The van der Waals surface area contributed by atoms with Crippen molar-refractivity contribution >= 4 is 48.3 Å². The van der Waals surface area contributed by atoms with E-state index in [1.807, 2.05) is 88.7 Å². The maximum atomic E-state index is 13.4. The van der Waals surface area contributed by atoms with Crippen molar-refractivity contribution in [2.75, 3.05) is 50.8 Å². The number of fused-ring (bicyclic) bond motifs is 2. The fraction of sp³-hybridized carbons (Fsp3) is 0.359. The first-order valence-electron chi connectivity index (χ1n) is 17.4. The van der Waals surface area contributed by atoms with Crippen molar-refractivity contribution in [2.24, 2.45) is 0 Å². The number of benzene rings is 2. The molecular formula is C39H49BrN4O5S2. The minimum Gasteiger partial charge on any atom is -1.00 e. The van der Waals surface area contributed by atoms with Gasteiger partial charge in [-0.25, -0.2) is 16.8 Å². The number of nitrogens with zero attached hydrogens (tertiary/aromatic N) is 4. The largest absolute Gasteiger partial charge is 1.00 e. The number of aromatic nitrogens is 1. The molecule has 0 amide bonds. The summed E-state index contributed by atoms with van der Waals surface area (Å²) in [6.07, 6.45) is 16.3. The Labute approximate surface area is 314 Å². The lowest BCUT2D eigenvalue weighted by Gasteiger charge is -2.27. The molecule has 0 aliphatic carbocycles. The number of sulfonamides is 2. The highest BCUT2D eigenvalue weighted by Gasteiger charge is 2.26. The van der Waals surface area contributed by atoms with Gasteiger partial charge in [0.15, 0.2) is 6.20 Å². The summed E-state index contributed by atoms with van der Waals surface area (Å²) in [5.74, 6) is 0. The number of hydrogen-bond acceptors (Lipinski definition) is 6. The fourth-order valence-corrected chi connectivity index (χ4v) is 9.43. The van der Waals surface area contributed by atoms with Crippen LogP contribution >= 0.6 is 0 Å². The molecule has 5 rings (SSSR count). The van der Waals surface area contributed by atoms with Crippen molar-refractivity contribution in [3.8, 4) is 0 Å². The number of halogens is 1. The molecule has 0 N–H and O–H groups in total. The first-order valence-corrected chi connectivity index (χ1v) is 20.3. The molecule has 12 heteroatoms. The molecule has 0 saturated carbocycles. The summed E-state index contributed by atoms with van der Waals surface area (Å²) in [5, 5.41) is 0.864. The zero-order valence-corrected chi connectivity index (χ0v) is 33.6. The first kappa shape index (κ1) is 40.4. The van der Waals surface area contributed by atoms with Crippen LogP contribution in [-0.4, -0.2) is 71.4 Å². The van der Waals surface area contributed by atoms with E-state index in [-0.39, 0.29) is 26.8 Å². The number of anilines is 1. The summed E-state index contributed by atoms with van der Waals surface area (Å²) in [4.78, 5) is 2.68. The van der Waals surface area contributed by atoms with Gasteiger partial charge in [-0.2, -0.15) is 13.2 Å². The Bertz CT molecular complexity index is 2110. The predicted octanol–water partition coefficient (Wildman–Crippen LogP) is 3.55. The standard InChI is InChI=1S/C39H49N4O5S2.BrH/c1-7-40-23-21-32(36-26-34(17-19-38(36)40)49(44,45)42(9-3)10-4)15-13-30-25-31(29-48-28-30)14-16-33-22-24-41(8-2)39-20-18-35(27-37(33)39)50(46,47)43(11-5)12-6;/h13-27H,7-12,28-29H2,1-6H3;1H/q+1;/p-1. The van der Waals surface area contributed by atoms with Gasteiger partial charge in [0.2, 0.25) is 25.6 Å². The van der Waals surface area contributed by atoms with E-state index in [1.165, 1.54) is 8.61 Å². The van der Waals surface area contributed by atoms with Gasteiger partial charge in [-0.15, -0.1) is 0 Å². The second-order valence-corrected chi connectivity index (χ2v) is 16.0. The van der Waals surface area contributed by atoms with Crippen molar-refractivity contribution in [3.63, 3.8) is 0 Å². The quantitative estimate of drug-likeness (QED) is 0.246. The topological polar surface area (TPSA) is 91.1 Å². The molecule has 0 unspecified atom stereocenters. The maximum Gasteiger partial charge on any atom is 0.243 e. The van der Waals surface area contributed by atoms with E-state index >= 15 is 0 Å². The molecular weight excluding hydrogens is 748 g/mol. The summed E-state index contributed by atoms with van der Waals surface area (Å²) < 4.78 is 64.5. The van der Waals surface area contributed by atoms with Gasteiger partial charge >= 0.3 is 0 Å². The minimum absolute atomic E-state index is 0. The van der Waals surface area contributed by atoms with E-state index in [0.717, 1.165) is 57.5 Å². The van der Waals surface area contributed by atoms with Crippen LogP contribution in [-0.2, 0) is 31.3 Å². The lowest BCUT2D eigenvalue weighted by Crippen LogP contribution is -3.00. The highest BCUT2D eigenvalue weighted by molar-refractivity contribution is 7.89. The molecule has 51 heavy (non-hydrogen) atoms. The zero-order chi connectivity index (χ0) is 36.1. The van der Waals surface area contributed by atoms with Gasteiger partial charge in [-0.05, 0) is 72.5 Å². The molecule has 0 atom stereocenters. The third-order valence-corrected chi connectivity index (χ3v) is 13.4. The summed E-state index contributed by atoms with van der Waals surface area (Å²) in [6, 6.07) is 12.8. The highest BCUT2D eigenvalue weighted by atomic mass is 79.9. The van der Waals surface area contributed by atoms with Crippen LogP contribution in [0.4, 0.5) is 5.69 Å². The van der Waals surface area contributed by atoms with Gasteiger partial charge < -0.3 is 26.6 Å². The monoisotopic (exact) mass is 796 g/mol. The third-order valence-electron chi connectivity index (χ3n) is 9.27. The van der Waals surface area contributed by atoms with Crippen LogP contribution in [0.5, 0.6) is 0 Å². The molecule has 0 bridgehead atoms. The summed E-state index contributed by atoms with van der Waals surface area (Å²) in [5.41, 5.74) is 6.59. The van der Waals surface area contributed by atoms with Crippen LogP contribution in [0.3, 0.4) is 0 Å². The molecule has 3 heterocycles. The van der Waals surface area contributed by atoms with Crippen molar-refractivity contribution in [3.05, 3.63) is 108 Å². The number of rotatable bonds is 13. The molecule has 2 aliphatic heterocycles. The molecule has 2 aromatic carbocycles. The second kappa shape index (κ2) is 17.4. The molecule has 274 valence electrons. The normalized spacial score (nSPS) is 16.8. The van der Waals surface area contributed by atoms with Gasteiger partial charge in [0.1, 0.15) is 6.54 Å². The average Bonchev–Trinajstić information content (AvgIpc) is 3.13.